The monoisotopic (exact) mass is 326 g/mol. The fourth-order valence-electron chi connectivity index (χ4n) is 2.82. The molecule has 0 aliphatic heterocycles. The van der Waals surface area contributed by atoms with Gasteiger partial charge in [0.25, 0.3) is 0 Å². The lowest BCUT2D eigenvalue weighted by atomic mass is 9.95. The Bertz CT molecular complexity index is 511. The average molecular weight is 326 g/mol. The number of ether oxygens (including phenoxy) is 2. The van der Waals surface area contributed by atoms with E-state index in [-0.39, 0.29) is 24.4 Å². The Morgan fingerprint density at radius 2 is 1.91 bits per heavy atom. The molecule has 1 aromatic rings. The van der Waals surface area contributed by atoms with Gasteiger partial charge in [0.05, 0.1) is 25.8 Å². The van der Waals surface area contributed by atoms with Crippen molar-refractivity contribution in [3.8, 4) is 0 Å². The molecule has 0 amide bonds. The fraction of sp³-hybridized carbons (Fsp3) is 0.611. The van der Waals surface area contributed by atoms with E-state index in [0.29, 0.717) is 18.6 Å². The maximum absolute atomic E-state index is 13.7. The molecule has 3 nitrogen and oxygen atoms in total. The fourth-order valence-corrected chi connectivity index (χ4v) is 2.82. The van der Waals surface area contributed by atoms with E-state index in [9.17, 15) is 13.6 Å². The van der Waals surface area contributed by atoms with E-state index in [0.717, 1.165) is 31.2 Å². The van der Waals surface area contributed by atoms with Crippen LogP contribution in [0.4, 0.5) is 8.78 Å². The second-order valence-corrected chi connectivity index (χ2v) is 5.92. The molecule has 0 atom stereocenters. The Kier molecular flexibility index (Phi) is 6.96. The maximum Gasteiger partial charge on any atom is 0.308 e. The Balaban J connectivity index is 1.72. The zero-order chi connectivity index (χ0) is 16.7. The molecule has 0 radical (unpaired) electrons. The number of esters is 1. The molecule has 0 unspecified atom stereocenters. The van der Waals surface area contributed by atoms with Crippen molar-refractivity contribution in [2.45, 2.75) is 64.3 Å². The van der Waals surface area contributed by atoms with Crippen molar-refractivity contribution in [2.24, 2.45) is 0 Å². The number of rotatable bonds is 7. The van der Waals surface area contributed by atoms with E-state index in [2.05, 4.69) is 0 Å². The molecule has 2 rings (SSSR count). The van der Waals surface area contributed by atoms with Crippen LogP contribution in [-0.4, -0.2) is 24.9 Å². The highest BCUT2D eigenvalue weighted by atomic mass is 19.1. The van der Waals surface area contributed by atoms with Crippen molar-refractivity contribution in [1.29, 1.82) is 0 Å². The molecule has 0 heterocycles. The maximum atomic E-state index is 13.7. The van der Waals surface area contributed by atoms with Crippen LogP contribution in [0.2, 0.25) is 0 Å². The second-order valence-electron chi connectivity index (χ2n) is 5.92. The largest absolute Gasteiger partial charge is 0.462 e. The molecule has 0 spiro atoms. The summed E-state index contributed by atoms with van der Waals surface area (Å²) in [7, 11) is 0. The van der Waals surface area contributed by atoms with E-state index >= 15 is 0 Å². The standard InChI is InChI=1S/C18H24F2O3/c1-2-14-4-3-13(11-17(14)20)12-22-15-5-7-16(8-6-15)23-18(21)9-10-19/h3-4,11,15-16H,2,5-10,12H2,1H3. The molecule has 0 N–H and O–H groups in total. The Morgan fingerprint density at radius 3 is 2.52 bits per heavy atom. The van der Waals surface area contributed by atoms with Crippen LogP contribution in [0.5, 0.6) is 0 Å². The van der Waals surface area contributed by atoms with Gasteiger partial charge in [-0.05, 0) is 49.3 Å². The molecule has 1 fully saturated rings. The Labute approximate surface area is 136 Å². The first-order valence-electron chi connectivity index (χ1n) is 8.26. The predicted molar refractivity (Wildman–Crippen MR) is 83.3 cm³/mol. The molecule has 0 saturated heterocycles. The summed E-state index contributed by atoms with van der Waals surface area (Å²) in [5, 5.41) is 0. The third-order valence-electron chi connectivity index (χ3n) is 4.20. The number of hydrogen-bond donors (Lipinski definition) is 0. The van der Waals surface area contributed by atoms with E-state index in [1.165, 1.54) is 6.07 Å². The van der Waals surface area contributed by atoms with Gasteiger partial charge in [0.15, 0.2) is 0 Å². The van der Waals surface area contributed by atoms with Crippen LogP contribution < -0.4 is 0 Å². The highest BCUT2D eigenvalue weighted by Crippen LogP contribution is 2.25. The first-order valence-corrected chi connectivity index (χ1v) is 8.26. The summed E-state index contributed by atoms with van der Waals surface area (Å²) in [5.41, 5.74) is 1.54. The van der Waals surface area contributed by atoms with E-state index in [1.54, 1.807) is 6.07 Å². The van der Waals surface area contributed by atoms with Gasteiger partial charge in [-0.2, -0.15) is 0 Å². The third-order valence-corrected chi connectivity index (χ3v) is 4.20. The molecule has 5 heteroatoms. The summed E-state index contributed by atoms with van der Waals surface area (Å²) < 4.78 is 36.8. The summed E-state index contributed by atoms with van der Waals surface area (Å²) in [5.74, 6) is -0.652. The number of aryl methyl sites for hydroxylation is 1. The zero-order valence-corrected chi connectivity index (χ0v) is 13.5. The van der Waals surface area contributed by atoms with E-state index in [4.69, 9.17) is 9.47 Å². The summed E-state index contributed by atoms with van der Waals surface area (Å²) >= 11 is 0. The first kappa shape index (κ1) is 17.9. The quantitative estimate of drug-likeness (QED) is 0.707. The zero-order valence-electron chi connectivity index (χ0n) is 13.5. The van der Waals surface area contributed by atoms with E-state index < -0.39 is 12.6 Å². The smallest absolute Gasteiger partial charge is 0.308 e. The molecule has 1 aromatic carbocycles. The highest BCUT2D eigenvalue weighted by molar-refractivity contribution is 5.69. The van der Waals surface area contributed by atoms with Gasteiger partial charge in [0.1, 0.15) is 11.9 Å². The topological polar surface area (TPSA) is 35.5 Å². The van der Waals surface area contributed by atoms with Crippen LogP contribution in [0.15, 0.2) is 18.2 Å². The Morgan fingerprint density at radius 1 is 1.22 bits per heavy atom. The van der Waals surface area contributed by atoms with Crippen LogP contribution in [0, 0.1) is 5.82 Å². The van der Waals surface area contributed by atoms with Crippen LogP contribution in [0.3, 0.4) is 0 Å². The molecule has 23 heavy (non-hydrogen) atoms. The number of hydrogen-bond acceptors (Lipinski definition) is 3. The molecule has 1 aliphatic carbocycles. The lowest BCUT2D eigenvalue weighted by Gasteiger charge is -2.28. The van der Waals surface area contributed by atoms with Crippen molar-refractivity contribution in [3.05, 3.63) is 35.1 Å². The van der Waals surface area contributed by atoms with E-state index in [1.807, 2.05) is 13.0 Å². The minimum atomic E-state index is -0.676. The molecule has 0 aromatic heterocycles. The molecule has 1 aliphatic rings. The van der Waals surface area contributed by atoms with Gasteiger partial charge in [0.2, 0.25) is 0 Å². The van der Waals surface area contributed by atoms with Gasteiger partial charge >= 0.3 is 5.97 Å². The highest BCUT2D eigenvalue weighted by Gasteiger charge is 2.24. The molecule has 1 saturated carbocycles. The summed E-state index contributed by atoms with van der Waals surface area (Å²) in [4.78, 5) is 11.3. The van der Waals surface area contributed by atoms with Gasteiger partial charge in [-0.25, -0.2) is 4.39 Å². The minimum absolute atomic E-state index is 0.0973. The first-order chi connectivity index (χ1) is 11.1. The number of carbonyl (C=O) groups excluding carboxylic acids is 1. The van der Waals surface area contributed by atoms with Gasteiger partial charge < -0.3 is 9.47 Å². The normalized spacial score (nSPS) is 21.2. The lowest BCUT2D eigenvalue weighted by molar-refractivity contribution is -0.152. The average Bonchev–Trinajstić information content (AvgIpc) is 2.54. The lowest BCUT2D eigenvalue weighted by Crippen LogP contribution is -2.28. The number of halogens is 2. The summed E-state index contributed by atoms with van der Waals surface area (Å²) in [6, 6.07) is 5.23. The van der Waals surface area contributed by atoms with Crippen LogP contribution in [-0.2, 0) is 27.3 Å². The minimum Gasteiger partial charge on any atom is -0.462 e. The van der Waals surface area contributed by atoms with Gasteiger partial charge in [-0.3, -0.25) is 9.18 Å². The van der Waals surface area contributed by atoms with Crippen molar-refractivity contribution < 1.29 is 23.0 Å². The van der Waals surface area contributed by atoms with Gasteiger partial charge in [0, 0.05) is 0 Å². The van der Waals surface area contributed by atoms with Crippen molar-refractivity contribution >= 4 is 5.97 Å². The molecular weight excluding hydrogens is 302 g/mol. The molecule has 128 valence electrons. The van der Waals surface area contributed by atoms with Gasteiger partial charge in [-0.15, -0.1) is 0 Å². The Hall–Kier alpha value is -1.49. The number of carbonyl (C=O) groups is 1. The number of benzene rings is 1. The summed E-state index contributed by atoms with van der Waals surface area (Å²) in [6.45, 7) is 1.63. The van der Waals surface area contributed by atoms with Crippen molar-refractivity contribution in [1.82, 2.24) is 0 Å². The third kappa shape index (κ3) is 5.57. The second kappa shape index (κ2) is 8.96. The van der Waals surface area contributed by atoms with Crippen molar-refractivity contribution in [3.63, 3.8) is 0 Å². The van der Waals surface area contributed by atoms with Crippen molar-refractivity contribution in [2.75, 3.05) is 6.67 Å². The van der Waals surface area contributed by atoms with Crippen LogP contribution in [0.1, 0.15) is 50.2 Å². The number of alkyl halides is 1. The van der Waals surface area contributed by atoms with Gasteiger partial charge in [-0.1, -0.05) is 19.1 Å². The van der Waals surface area contributed by atoms with Crippen LogP contribution in [0.25, 0.3) is 0 Å². The predicted octanol–water partition coefficient (Wildman–Crippen LogP) is 4.12. The molecular formula is C18H24F2O3. The molecule has 0 bridgehead atoms. The SMILES string of the molecule is CCc1ccc(COC2CCC(OC(=O)CCF)CC2)cc1F. The summed E-state index contributed by atoms with van der Waals surface area (Å²) in [6.07, 6.45) is 3.52. The van der Waals surface area contributed by atoms with Crippen LogP contribution >= 0.6 is 0 Å².